The molecule has 0 aliphatic carbocycles. The SMILES string of the molecule is N#Cc1ccc2c(c1)N(c1ccc3ccc4c(N(c5ccccc5)c5ccccc5)ccc5ccc1c3c54)CC2. The summed E-state index contributed by atoms with van der Waals surface area (Å²) < 4.78 is 0. The third-order valence-electron chi connectivity index (χ3n) is 8.29. The van der Waals surface area contributed by atoms with Crippen molar-refractivity contribution in [2.75, 3.05) is 16.3 Å². The summed E-state index contributed by atoms with van der Waals surface area (Å²) in [5.74, 6) is 0. The van der Waals surface area contributed by atoms with Crippen molar-refractivity contribution in [3.8, 4) is 6.07 Å². The number of fused-ring (bicyclic) bond motifs is 1. The summed E-state index contributed by atoms with van der Waals surface area (Å²) in [4.78, 5) is 4.75. The Labute approximate surface area is 233 Å². The topological polar surface area (TPSA) is 30.3 Å². The Morgan fingerprint density at radius 1 is 0.600 bits per heavy atom. The summed E-state index contributed by atoms with van der Waals surface area (Å²) in [6, 6.07) is 47.7. The van der Waals surface area contributed by atoms with Crippen LogP contribution in [0.3, 0.4) is 0 Å². The van der Waals surface area contributed by atoms with Gasteiger partial charge in [-0.25, -0.2) is 0 Å². The van der Waals surface area contributed by atoms with Gasteiger partial charge in [-0.15, -0.1) is 0 Å². The average molecular weight is 512 g/mol. The summed E-state index contributed by atoms with van der Waals surface area (Å²) in [6.07, 6.45) is 0.982. The van der Waals surface area contributed by atoms with Gasteiger partial charge >= 0.3 is 0 Å². The number of rotatable bonds is 4. The lowest BCUT2D eigenvalue weighted by molar-refractivity contribution is 1.00. The highest BCUT2D eigenvalue weighted by molar-refractivity contribution is 6.28. The van der Waals surface area contributed by atoms with E-state index in [4.69, 9.17) is 0 Å². The Kier molecular flexibility index (Phi) is 5.02. The molecule has 0 saturated heterocycles. The van der Waals surface area contributed by atoms with Crippen LogP contribution in [0.2, 0.25) is 0 Å². The summed E-state index contributed by atoms with van der Waals surface area (Å²) in [5, 5.41) is 17.1. The van der Waals surface area contributed by atoms with Gasteiger partial charge in [0.25, 0.3) is 0 Å². The fourth-order valence-electron chi connectivity index (χ4n) is 6.48. The van der Waals surface area contributed by atoms with Crippen LogP contribution < -0.4 is 9.80 Å². The smallest absolute Gasteiger partial charge is 0.0992 e. The second kappa shape index (κ2) is 8.86. The number of nitrogens with zero attached hydrogens (tertiary/aromatic N) is 3. The second-order valence-electron chi connectivity index (χ2n) is 10.5. The number of anilines is 5. The van der Waals surface area contributed by atoms with Crippen LogP contribution in [0, 0.1) is 11.3 Å². The van der Waals surface area contributed by atoms with E-state index in [9.17, 15) is 5.26 Å². The molecule has 188 valence electrons. The van der Waals surface area contributed by atoms with Gasteiger partial charge in [0.15, 0.2) is 0 Å². The van der Waals surface area contributed by atoms with E-state index < -0.39 is 0 Å². The Bertz CT molecular complexity index is 2030. The lowest BCUT2D eigenvalue weighted by Gasteiger charge is -2.28. The van der Waals surface area contributed by atoms with Crippen molar-refractivity contribution >= 4 is 60.8 Å². The average Bonchev–Trinajstić information content (AvgIpc) is 3.44. The first-order valence-corrected chi connectivity index (χ1v) is 13.7. The summed E-state index contributed by atoms with van der Waals surface area (Å²) in [6.45, 7) is 0.912. The quantitative estimate of drug-likeness (QED) is 0.220. The lowest BCUT2D eigenvalue weighted by atomic mass is 9.92. The van der Waals surface area contributed by atoms with Gasteiger partial charge in [0.2, 0.25) is 0 Å². The molecule has 40 heavy (non-hydrogen) atoms. The normalized spacial score (nSPS) is 12.7. The van der Waals surface area contributed by atoms with Crippen LogP contribution in [0.4, 0.5) is 28.4 Å². The van der Waals surface area contributed by atoms with Gasteiger partial charge in [0, 0.05) is 40.1 Å². The first-order valence-electron chi connectivity index (χ1n) is 13.7. The Hall–Kier alpha value is -5.33. The molecular formula is C37H25N3. The molecule has 0 radical (unpaired) electrons. The standard InChI is InChI=1S/C37H25N3/c38-24-25-11-12-26-21-22-39(35(26)23-25)33-19-15-27-14-18-32-34(20-16-28-13-17-31(33)36(27)37(28)32)40(29-7-3-1-4-8-29)30-9-5-2-6-10-30/h1-20,23H,21-22H2. The van der Waals surface area contributed by atoms with Crippen molar-refractivity contribution < 1.29 is 0 Å². The number of hydrogen-bond acceptors (Lipinski definition) is 3. The molecule has 0 aromatic heterocycles. The van der Waals surface area contributed by atoms with Crippen molar-refractivity contribution in [1.82, 2.24) is 0 Å². The van der Waals surface area contributed by atoms with Crippen molar-refractivity contribution in [3.63, 3.8) is 0 Å². The minimum Gasteiger partial charge on any atom is -0.340 e. The highest BCUT2D eigenvalue weighted by Gasteiger charge is 2.24. The summed E-state index contributed by atoms with van der Waals surface area (Å²) in [5.41, 5.74) is 7.77. The van der Waals surface area contributed by atoms with E-state index in [2.05, 4.69) is 131 Å². The first kappa shape index (κ1) is 22.6. The fraction of sp³-hybridized carbons (Fsp3) is 0.0541. The molecule has 0 amide bonds. The minimum absolute atomic E-state index is 0.704. The Balaban J connectivity index is 1.39. The van der Waals surface area contributed by atoms with E-state index in [0.717, 1.165) is 35.7 Å². The number of nitriles is 1. The van der Waals surface area contributed by atoms with E-state index in [0.29, 0.717) is 5.56 Å². The van der Waals surface area contributed by atoms with Gasteiger partial charge in [0.05, 0.1) is 17.3 Å². The van der Waals surface area contributed by atoms with Crippen molar-refractivity contribution in [2.45, 2.75) is 6.42 Å². The predicted octanol–water partition coefficient (Wildman–Crippen LogP) is 9.62. The van der Waals surface area contributed by atoms with Gasteiger partial charge in [-0.05, 0) is 82.1 Å². The number of benzene rings is 7. The molecule has 0 saturated carbocycles. The van der Waals surface area contributed by atoms with Crippen LogP contribution in [-0.4, -0.2) is 6.54 Å². The van der Waals surface area contributed by atoms with Crippen molar-refractivity contribution in [1.29, 1.82) is 5.26 Å². The van der Waals surface area contributed by atoms with Crippen LogP contribution >= 0.6 is 0 Å². The van der Waals surface area contributed by atoms with Gasteiger partial charge in [-0.1, -0.05) is 78.9 Å². The largest absolute Gasteiger partial charge is 0.340 e. The van der Waals surface area contributed by atoms with E-state index in [1.807, 2.05) is 12.1 Å². The van der Waals surface area contributed by atoms with Gasteiger partial charge < -0.3 is 9.80 Å². The predicted molar refractivity (Wildman–Crippen MR) is 167 cm³/mol. The zero-order valence-electron chi connectivity index (χ0n) is 21.9. The monoisotopic (exact) mass is 511 g/mol. The Morgan fingerprint density at radius 3 is 1.93 bits per heavy atom. The maximum absolute atomic E-state index is 9.55. The van der Waals surface area contributed by atoms with Crippen LogP contribution in [-0.2, 0) is 6.42 Å². The molecule has 0 bridgehead atoms. The third kappa shape index (κ3) is 3.37. The second-order valence-corrected chi connectivity index (χ2v) is 10.5. The molecule has 0 spiro atoms. The molecule has 0 unspecified atom stereocenters. The molecule has 3 heteroatoms. The molecule has 0 N–H and O–H groups in total. The third-order valence-corrected chi connectivity index (χ3v) is 8.29. The number of para-hydroxylation sites is 2. The Morgan fingerprint density at radius 2 is 1.23 bits per heavy atom. The molecule has 0 atom stereocenters. The van der Waals surface area contributed by atoms with E-state index >= 15 is 0 Å². The van der Waals surface area contributed by atoms with E-state index in [-0.39, 0.29) is 0 Å². The molecule has 7 aromatic carbocycles. The number of hydrogen-bond donors (Lipinski definition) is 0. The maximum atomic E-state index is 9.55. The highest BCUT2D eigenvalue weighted by atomic mass is 15.2. The van der Waals surface area contributed by atoms with E-state index in [1.54, 1.807) is 0 Å². The minimum atomic E-state index is 0.704. The summed E-state index contributed by atoms with van der Waals surface area (Å²) in [7, 11) is 0. The molecule has 8 rings (SSSR count). The van der Waals surface area contributed by atoms with Gasteiger partial charge in [-0.2, -0.15) is 5.26 Å². The van der Waals surface area contributed by atoms with E-state index in [1.165, 1.54) is 43.6 Å². The molecule has 1 aliphatic heterocycles. The molecule has 0 fully saturated rings. The first-order chi connectivity index (χ1) is 19.8. The molecule has 3 nitrogen and oxygen atoms in total. The lowest BCUT2D eigenvalue weighted by Crippen LogP contribution is -2.14. The van der Waals surface area contributed by atoms with Crippen molar-refractivity contribution in [3.05, 3.63) is 139 Å². The highest BCUT2D eigenvalue weighted by Crippen LogP contribution is 2.47. The van der Waals surface area contributed by atoms with Crippen LogP contribution in [0.1, 0.15) is 11.1 Å². The summed E-state index contributed by atoms with van der Waals surface area (Å²) >= 11 is 0. The zero-order chi connectivity index (χ0) is 26.6. The molecular weight excluding hydrogens is 486 g/mol. The van der Waals surface area contributed by atoms with Crippen LogP contribution in [0.25, 0.3) is 32.3 Å². The molecule has 1 heterocycles. The van der Waals surface area contributed by atoms with Gasteiger partial charge in [0.1, 0.15) is 0 Å². The maximum Gasteiger partial charge on any atom is 0.0992 e. The molecule has 1 aliphatic rings. The van der Waals surface area contributed by atoms with Crippen molar-refractivity contribution in [2.24, 2.45) is 0 Å². The van der Waals surface area contributed by atoms with Crippen LogP contribution in [0.5, 0.6) is 0 Å². The van der Waals surface area contributed by atoms with Crippen LogP contribution in [0.15, 0.2) is 127 Å². The van der Waals surface area contributed by atoms with Gasteiger partial charge in [-0.3, -0.25) is 0 Å². The molecule has 7 aromatic rings. The fourth-order valence-corrected chi connectivity index (χ4v) is 6.48. The zero-order valence-corrected chi connectivity index (χ0v) is 21.9.